The number of benzene rings is 1. The molecule has 0 bridgehead atoms. The average Bonchev–Trinajstić information content (AvgIpc) is 2.32. The van der Waals surface area contributed by atoms with Crippen LogP contribution in [0.15, 0.2) is 12.1 Å². The van der Waals surface area contributed by atoms with Crippen molar-refractivity contribution < 1.29 is 4.92 Å². The van der Waals surface area contributed by atoms with E-state index in [0.29, 0.717) is 5.25 Å². The molecule has 100 valence electrons. The largest absolute Gasteiger partial charge is 0.385 e. The van der Waals surface area contributed by atoms with Crippen LogP contribution in [-0.4, -0.2) is 23.0 Å². The number of halogens is 1. The van der Waals surface area contributed by atoms with E-state index in [4.69, 9.17) is 11.6 Å². The number of aryl methyl sites for hydroxylation is 1. The summed E-state index contributed by atoms with van der Waals surface area (Å²) in [5.74, 6) is 0. The fourth-order valence-corrected chi connectivity index (χ4v) is 2.11. The van der Waals surface area contributed by atoms with Gasteiger partial charge in [0.15, 0.2) is 0 Å². The van der Waals surface area contributed by atoms with Crippen molar-refractivity contribution in [3.05, 3.63) is 32.8 Å². The molecule has 0 aliphatic carbocycles. The predicted octanol–water partition coefficient (Wildman–Crippen LogP) is 4.11. The minimum atomic E-state index is -0.463. The Morgan fingerprint density at radius 1 is 1.56 bits per heavy atom. The summed E-state index contributed by atoms with van der Waals surface area (Å²) in [6.45, 7) is 4.84. The maximum atomic E-state index is 10.7. The van der Waals surface area contributed by atoms with E-state index in [1.807, 2.05) is 18.7 Å². The highest BCUT2D eigenvalue weighted by molar-refractivity contribution is 7.99. The third kappa shape index (κ3) is 4.07. The van der Waals surface area contributed by atoms with Crippen LogP contribution in [0.3, 0.4) is 0 Å². The maximum Gasteiger partial charge on any atom is 0.288 e. The molecule has 0 amide bonds. The highest BCUT2D eigenvalue weighted by atomic mass is 35.5. The number of rotatable bonds is 6. The minimum Gasteiger partial charge on any atom is -0.385 e. The maximum absolute atomic E-state index is 10.7. The highest BCUT2D eigenvalue weighted by Crippen LogP contribution is 2.30. The molecule has 1 rings (SSSR count). The predicted molar refractivity (Wildman–Crippen MR) is 78.9 cm³/mol. The number of hydrogen-bond donors (Lipinski definition) is 1. The number of nitrogens with zero attached hydrogens (tertiary/aromatic N) is 1. The molecule has 1 atom stereocenters. The summed E-state index contributed by atoms with van der Waals surface area (Å²) >= 11 is 7.70. The number of nitro benzene ring substituents is 1. The van der Waals surface area contributed by atoms with Crippen molar-refractivity contribution in [3.8, 4) is 0 Å². The van der Waals surface area contributed by atoms with Crippen molar-refractivity contribution in [2.75, 3.05) is 18.1 Å². The second-order valence-electron chi connectivity index (χ2n) is 4.14. The van der Waals surface area contributed by atoms with Crippen LogP contribution in [0.25, 0.3) is 0 Å². The molecule has 1 N–H and O–H groups in total. The van der Waals surface area contributed by atoms with Crippen LogP contribution in [-0.2, 0) is 0 Å². The van der Waals surface area contributed by atoms with Crippen LogP contribution < -0.4 is 5.32 Å². The second kappa shape index (κ2) is 6.85. The zero-order valence-electron chi connectivity index (χ0n) is 10.7. The molecular weight excluding hydrogens is 272 g/mol. The lowest BCUT2D eigenvalue weighted by Crippen LogP contribution is -2.08. The van der Waals surface area contributed by atoms with Crippen molar-refractivity contribution in [1.82, 2.24) is 0 Å². The Hall–Kier alpha value is -0.940. The second-order valence-corrected chi connectivity index (χ2v) is 5.82. The van der Waals surface area contributed by atoms with Gasteiger partial charge in [-0.1, -0.05) is 18.5 Å². The van der Waals surface area contributed by atoms with Gasteiger partial charge in [0.05, 0.1) is 4.92 Å². The van der Waals surface area contributed by atoms with Crippen molar-refractivity contribution in [3.63, 3.8) is 0 Å². The summed E-state index contributed by atoms with van der Waals surface area (Å²) in [6, 6.07) is 3.13. The molecule has 0 spiro atoms. The molecule has 0 fully saturated rings. The molecule has 0 saturated heterocycles. The molecule has 0 aromatic heterocycles. The van der Waals surface area contributed by atoms with Gasteiger partial charge >= 0.3 is 0 Å². The summed E-state index contributed by atoms with van der Waals surface area (Å²) in [5.41, 5.74) is 1.65. The first-order valence-electron chi connectivity index (χ1n) is 5.67. The van der Waals surface area contributed by atoms with Crippen molar-refractivity contribution in [1.29, 1.82) is 0 Å². The molecule has 0 saturated carbocycles. The smallest absolute Gasteiger partial charge is 0.288 e. The highest BCUT2D eigenvalue weighted by Gasteiger charge is 2.14. The standard InChI is InChI=1S/C12H17ClN2O2S/c1-8-6-12(15(16)17)10(13)7-11(8)14-5-4-9(2)18-3/h6-7,9,14H,4-5H2,1-3H3. The SMILES string of the molecule is CSC(C)CCNc1cc(Cl)c([N+](=O)[O-])cc1C. The Bertz CT molecular complexity index is 440. The van der Waals surface area contributed by atoms with Gasteiger partial charge < -0.3 is 5.32 Å². The van der Waals surface area contributed by atoms with Crippen LogP contribution in [0.1, 0.15) is 18.9 Å². The molecule has 0 aliphatic rings. The van der Waals surface area contributed by atoms with Crippen molar-refractivity contribution >= 4 is 34.7 Å². The van der Waals surface area contributed by atoms with Gasteiger partial charge in [0.2, 0.25) is 0 Å². The Morgan fingerprint density at radius 2 is 2.22 bits per heavy atom. The Balaban J connectivity index is 2.73. The normalized spacial score (nSPS) is 12.2. The van der Waals surface area contributed by atoms with E-state index >= 15 is 0 Å². The number of thioether (sulfide) groups is 1. The lowest BCUT2D eigenvalue weighted by Gasteiger charge is -2.12. The number of nitrogens with one attached hydrogen (secondary N) is 1. The Labute approximate surface area is 116 Å². The fourth-order valence-electron chi connectivity index (χ4n) is 1.52. The lowest BCUT2D eigenvalue weighted by molar-refractivity contribution is -0.384. The van der Waals surface area contributed by atoms with E-state index in [1.165, 1.54) is 6.07 Å². The molecule has 6 heteroatoms. The zero-order chi connectivity index (χ0) is 13.7. The summed E-state index contributed by atoms with van der Waals surface area (Å²) in [4.78, 5) is 10.3. The quantitative estimate of drug-likeness (QED) is 0.632. The Morgan fingerprint density at radius 3 is 2.78 bits per heavy atom. The number of nitro groups is 1. The molecule has 0 radical (unpaired) electrons. The van der Waals surface area contributed by atoms with E-state index in [2.05, 4.69) is 18.5 Å². The van der Waals surface area contributed by atoms with Gasteiger partial charge in [0.1, 0.15) is 5.02 Å². The number of hydrogen-bond acceptors (Lipinski definition) is 4. The van der Waals surface area contributed by atoms with E-state index in [-0.39, 0.29) is 10.7 Å². The summed E-state index contributed by atoms with van der Waals surface area (Å²) in [6.07, 6.45) is 3.12. The topological polar surface area (TPSA) is 55.2 Å². The van der Waals surface area contributed by atoms with Gasteiger partial charge in [-0.05, 0) is 31.2 Å². The molecule has 0 aliphatic heterocycles. The third-order valence-corrected chi connectivity index (χ3v) is 4.10. The van der Waals surface area contributed by atoms with Crippen LogP contribution in [0.2, 0.25) is 5.02 Å². The fraction of sp³-hybridized carbons (Fsp3) is 0.500. The average molecular weight is 289 g/mol. The van der Waals surface area contributed by atoms with E-state index in [1.54, 1.807) is 6.07 Å². The minimum absolute atomic E-state index is 0.0443. The number of anilines is 1. The lowest BCUT2D eigenvalue weighted by atomic mass is 10.1. The third-order valence-electron chi connectivity index (χ3n) is 2.76. The molecular formula is C12H17ClN2O2S. The summed E-state index contributed by atoms with van der Waals surface area (Å²) in [7, 11) is 0. The molecule has 1 aromatic carbocycles. The zero-order valence-corrected chi connectivity index (χ0v) is 12.3. The first-order chi connectivity index (χ1) is 8.45. The monoisotopic (exact) mass is 288 g/mol. The van der Waals surface area contributed by atoms with Gasteiger partial charge in [-0.25, -0.2) is 0 Å². The van der Waals surface area contributed by atoms with Gasteiger partial charge in [0, 0.05) is 23.5 Å². The molecule has 18 heavy (non-hydrogen) atoms. The van der Waals surface area contributed by atoms with Crippen LogP contribution >= 0.6 is 23.4 Å². The molecule has 0 heterocycles. The van der Waals surface area contributed by atoms with E-state index < -0.39 is 4.92 Å². The Kier molecular flexibility index (Phi) is 5.75. The van der Waals surface area contributed by atoms with Crippen LogP contribution in [0, 0.1) is 17.0 Å². The van der Waals surface area contributed by atoms with Gasteiger partial charge in [-0.3, -0.25) is 10.1 Å². The van der Waals surface area contributed by atoms with E-state index in [9.17, 15) is 10.1 Å². The van der Waals surface area contributed by atoms with Gasteiger partial charge in [-0.15, -0.1) is 0 Å². The van der Waals surface area contributed by atoms with E-state index in [0.717, 1.165) is 24.2 Å². The molecule has 4 nitrogen and oxygen atoms in total. The van der Waals surface area contributed by atoms with Gasteiger partial charge in [0.25, 0.3) is 5.69 Å². The molecule has 1 unspecified atom stereocenters. The van der Waals surface area contributed by atoms with Crippen LogP contribution in [0.5, 0.6) is 0 Å². The van der Waals surface area contributed by atoms with Crippen molar-refractivity contribution in [2.24, 2.45) is 0 Å². The first-order valence-corrected chi connectivity index (χ1v) is 7.33. The molecule has 1 aromatic rings. The van der Waals surface area contributed by atoms with Crippen molar-refractivity contribution in [2.45, 2.75) is 25.5 Å². The summed E-state index contributed by atoms with van der Waals surface area (Å²) < 4.78 is 0. The van der Waals surface area contributed by atoms with Crippen LogP contribution in [0.4, 0.5) is 11.4 Å². The summed E-state index contributed by atoms with van der Waals surface area (Å²) in [5, 5.41) is 14.8. The van der Waals surface area contributed by atoms with Gasteiger partial charge in [-0.2, -0.15) is 11.8 Å². The first kappa shape index (κ1) is 15.1.